The van der Waals surface area contributed by atoms with E-state index < -0.39 is 35.9 Å². The number of aliphatic hydroxyl groups excluding tert-OH is 1. The lowest BCUT2D eigenvalue weighted by Crippen LogP contribution is -2.45. The van der Waals surface area contributed by atoms with Crippen LogP contribution in [0.2, 0.25) is 0 Å². The van der Waals surface area contributed by atoms with E-state index in [1.54, 1.807) is 24.3 Å². The third-order valence-corrected chi connectivity index (χ3v) is 7.29. The Morgan fingerprint density at radius 2 is 1.90 bits per heavy atom. The monoisotopic (exact) mass is 570 g/mol. The first-order valence-electron chi connectivity index (χ1n) is 11.7. The molecular formula is C25H20F6N4O3S. The van der Waals surface area contributed by atoms with Gasteiger partial charge < -0.3 is 14.7 Å². The van der Waals surface area contributed by atoms with E-state index in [0.29, 0.717) is 52.3 Å². The highest BCUT2D eigenvalue weighted by molar-refractivity contribution is 8.18. The lowest BCUT2D eigenvalue weighted by molar-refractivity contribution is -0.143. The van der Waals surface area contributed by atoms with E-state index >= 15 is 0 Å². The van der Waals surface area contributed by atoms with E-state index in [2.05, 4.69) is 10.1 Å². The van der Waals surface area contributed by atoms with Crippen LogP contribution in [0.3, 0.4) is 0 Å². The molecule has 1 atom stereocenters. The maximum absolute atomic E-state index is 13.6. The zero-order chi connectivity index (χ0) is 27.9. The number of alkyl halides is 6. The number of thioether (sulfide) groups is 1. The fraction of sp³-hybridized carbons (Fsp3) is 0.320. The Morgan fingerprint density at radius 3 is 2.62 bits per heavy atom. The molecule has 0 unspecified atom stereocenters. The van der Waals surface area contributed by atoms with Gasteiger partial charge in [0.25, 0.3) is 5.91 Å². The first kappa shape index (κ1) is 27.2. The number of benzene rings is 2. The molecule has 0 aliphatic carbocycles. The lowest BCUT2D eigenvalue weighted by Gasteiger charge is -2.32. The van der Waals surface area contributed by atoms with Gasteiger partial charge in [0, 0.05) is 18.5 Å². The molecule has 7 nitrogen and oxygen atoms in total. The summed E-state index contributed by atoms with van der Waals surface area (Å²) in [5, 5.41) is 14.6. The fourth-order valence-corrected chi connectivity index (χ4v) is 5.27. The third-order valence-electron chi connectivity index (χ3n) is 6.25. The molecule has 1 fully saturated rings. The molecule has 3 aromatic rings. The molecule has 1 N–H and O–H groups in total. The molecule has 14 heteroatoms. The van der Waals surface area contributed by atoms with E-state index in [9.17, 15) is 36.2 Å². The van der Waals surface area contributed by atoms with Gasteiger partial charge in [-0.1, -0.05) is 12.1 Å². The van der Waals surface area contributed by atoms with Gasteiger partial charge in [-0.2, -0.15) is 36.4 Å². The molecule has 0 spiro atoms. The molecule has 1 aromatic heterocycles. The Balaban J connectivity index is 1.36. The SMILES string of the molecule is O=C1N=C(N2CCO[C@H](CO)C2)SC1=Cc1ccc2c(cnn2Cc2ccc(C(F)(F)F)cc2C(F)(F)F)c1. The van der Waals surface area contributed by atoms with Crippen LogP contribution in [0.4, 0.5) is 26.3 Å². The van der Waals surface area contributed by atoms with Crippen molar-refractivity contribution < 1.29 is 41.0 Å². The molecule has 39 heavy (non-hydrogen) atoms. The molecule has 1 amide bonds. The minimum absolute atomic E-state index is 0.110. The maximum atomic E-state index is 13.6. The van der Waals surface area contributed by atoms with Crippen molar-refractivity contribution in [1.82, 2.24) is 14.7 Å². The van der Waals surface area contributed by atoms with E-state index in [1.807, 2.05) is 4.90 Å². The van der Waals surface area contributed by atoms with Crippen molar-refractivity contribution in [3.05, 3.63) is 69.8 Å². The largest absolute Gasteiger partial charge is 0.416 e. The summed E-state index contributed by atoms with van der Waals surface area (Å²) in [7, 11) is 0. The van der Waals surface area contributed by atoms with Crippen molar-refractivity contribution in [3.63, 3.8) is 0 Å². The number of nitrogens with zero attached hydrogens (tertiary/aromatic N) is 4. The van der Waals surface area contributed by atoms with Gasteiger partial charge >= 0.3 is 12.4 Å². The highest BCUT2D eigenvalue weighted by atomic mass is 32.2. The first-order chi connectivity index (χ1) is 18.4. The number of carbonyl (C=O) groups is 1. The number of aliphatic imine (C=N–C) groups is 1. The number of aliphatic hydroxyl groups is 1. The number of aromatic nitrogens is 2. The number of morpholine rings is 1. The van der Waals surface area contributed by atoms with E-state index in [0.717, 1.165) is 6.07 Å². The number of amidine groups is 1. The van der Waals surface area contributed by atoms with Crippen LogP contribution < -0.4 is 0 Å². The smallest absolute Gasteiger partial charge is 0.394 e. The number of hydrogen-bond donors (Lipinski definition) is 1. The summed E-state index contributed by atoms with van der Waals surface area (Å²) < 4.78 is 86.3. The second kappa shape index (κ2) is 10.3. The summed E-state index contributed by atoms with van der Waals surface area (Å²) in [6, 6.07) is 6.52. The second-order valence-corrected chi connectivity index (χ2v) is 9.93. The molecule has 0 radical (unpaired) electrons. The number of rotatable bonds is 4. The normalized spacial score (nSPS) is 19.8. The van der Waals surface area contributed by atoms with Crippen LogP contribution in [-0.4, -0.2) is 63.3 Å². The van der Waals surface area contributed by atoms with Crippen molar-refractivity contribution in [2.24, 2.45) is 4.99 Å². The average Bonchev–Trinajstić information content (AvgIpc) is 3.45. The van der Waals surface area contributed by atoms with Crippen molar-refractivity contribution in [3.8, 4) is 0 Å². The summed E-state index contributed by atoms with van der Waals surface area (Å²) in [6.45, 7) is 0.799. The van der Waals surface area contributed by atoms with Crippen molar-refractivity contribution in [2.45, 2.75) is 25.0 Å². The van der Waals surface area contributed by atoms with Gasteiger partial charge in [0.05, 0.1) is 53.6 Å². The molecule has 0 bridgehead atoms. The Bertz CT molecular complexity index is 1480. The molecule has 206 valence electrons. The highest BCUT2D eigenvalue weighted by Gasteiger charge is 2.38. The predicted molar refractivity (Wildman–Crippen MR) is 132 cm³/mol. The molecule has 2 aromatic carbocycles. The van der Waals surface area contributed by atoms with Gasteiger partial charge in [-0.05, 0) is 53.2 Å². The Morgan fingerprint density at radius 1 is 1.10 bits per heavy atom. The maximum Gasteiger partial charge on any atom is 0.416 e. The van der Waals surface area contributed by atoms with E-state index in [-0.39, 0.29) is 24.3 Å². The molecule has 3 heterocycles. The summed E-state index contributed by atoms with van der Waals surface area (Å²) in [4.78, 5) is 18.8. The zero-order valence-corrected chi connectivity index (χ0v) is 20.8. The van der Waals surface area contributed by atoms with Gasteiger partial charge in [-0.3, -0.25) is 9.48 Å². The fourth-order valence-electron chi connectivity index (χ4n) is 4.33. The van der Waals surface area contributed by atoms with Crippen molar-refractivity contribution >= 4 is 39.8 Å². The van der Waals surface area contributed by atoms with Gasteiger partial charge in [-0.15, -0.1) is 0 Å². The number of amides is 1. The molecule has 2 aliphatic heterocycles. The minimum atomic E-state index is -4.98. The van der Waals surface area contributed by atoms with Crippen molar-refractivity contribution in [1.29, 1.82) is 0 Å². The molecule has 2 aliphatic rings. The second-order valence-electron chi connectivity index (χ2n) is 8.92. The predicted octanol–water partition coefficient (Wildman–Crippen LogP) is 4.79. The third kappa shape index (κ3) is 5.82. The van der Waals surface area contributed by atoms with Crippen LogP contribution >= 0.6 is 11.8 Å². The Labute approximate surface area is 221 Å². The molecule has 1 saturated heterocycles. The van der Waals surface area contributed by atoms with Crippen molar-refractivity contribution in [2.75, 3.05) is 26.3 Å². The average molecular weight is 571 g/mol. The standard InChI is InChI=1S/C25H20F6N4O3S/c26-24(27,28)17-3-2-15(19(9-17)25(29,30)31)11-35-20-4-1-14(7-16(20)10-32-35)8-21-22(37)33-23(39-21)34-5-6-38-18(12-34)13-36/h1-4,7-10,18,36H,5-6,11-13H2/t18-/m0/s1. The number of ether oxygens (including phenoxy) is 1. The Hall–Kier alpha value is -3.36. The number of halogens is 6. The Kier molecular flexibility index (Phi) is 7.20. The van der Waals surface area contributed by atoms with Gasteiger partial charge in [0.1, 0.15) is 0 Å². The van der Waals surface area contributed by atoms with Gasteiger partial charge in [0.15, 0.2) is 5.17 Å². The van der Waals surface area contributed by atoms with Crippen LogP contribution in [0.25, 0.3) is 17.0 Å². The summed E-state index contributed by atoms with van der Waals surface area (Å²) in [6.07, 6.45) is -7.17. The summed E-state index contributed by atoms with van der Waals surface area (Å²) in [5.41, 5.74) is -2.00. The minimum Gasteiger partial charge on any atom is -0.394 e. The number of hydrogen-bond acceptors (Lipinski definition) is 6. The van der Waals surface area contributed by atoms with E-state index in [1.165, 1.54) is 22.6 Å². The summed E-state index contributed by atoms with van der Waals surface area (Å²) >= 11 is 1.19. The molecule has 0 saturated carbocycles. The molecule has 5 rings (SSSR count). The quantitative estimate of drug-likeness (QED) is 0.359. The highest BCUT2D eigenvalue weighted by Crippen LogP contribution is 2.38. The van der Waals surface area contributed by atoms with Crippen LogP contribution in [0.5, 0.6) is 0 Å². The van der Waals surface area contributed by atoms with Crippen LogP contribution in [-0.2, 0) is 28.4 Å². The van der Waals surface area contributed by atoms with E-state index in [4.69, 9.17) is 4.74 Å². The van der Waals surface area contributed by atoms with Gasteiger partial charge in [-0.25, -0.2) is 0 Å². The zero-order valence-electron chi connectivity index (χ0n) is 20.0. The first-order valence-corrected chi connectivity index (χ1v) is 12.5. The van der Waals surface area contributed by atoms with Crippen LogP contribution in [0, 0.1) is 0 Å². The van der Waals surface area contributed by atoms with Crippen LogP contribution in [0.1, 0.15) is 22.3 Å². The van der Waals surface area contributed by atoms with Crippen LogP contribution in [0.15, 0.2) is 52.5 Å². The number of fused-ring (bicyclic) bond motifs is 1. The van der Waals surface area contributed by atoms with Gasteiger partial charge in [0.2, 0.25) is 0 Å². The molecular weight excluding hydrogens is 550 g/mol. The number of carbonyl (C=O) groups excluding carboxylic acids is 1. The topological polar surface area (TPSA) is 80.0 Å². The summed E-state index contributed by atoms with van der Waals surface area (Å²) in [5.74, 6) is -0.417. The lowest BCUT2D eigenvalue weighted by atomic mass is 10.0.